The number of rotatable bonds is 26. The number of allylic oxidation sites excluding steroid dienone is 6. The molecule has 3 rings (SSSR count). The summed E-state index contributed by atoms with van der Waals surface area (Å²) in [6.45, 7) is 13.7. The van der Waals surface area contributed by atoms with Crippen molar-refractivity contribution < 1.29 is 0 Å². The van der Waals surface area contributed by atoms with Gasteiger partial charge in [-0.25, -0.2) is 0 Å². The summed E-state index contributed by atoms with van der Waals surface area (Å²) in [5.74, 6) is 0. The first-order chi connectivity index (χ1) is 24.6. The summed E-state index contributed by atoms with van der Waals surface area (Å²) in [6, 6.07) is 20.6. The average Bonchev–Trinajstić information content (AvgIpc) is 3.16. The summed E-state index contributed by atoms with van der Waals surface area (Å²) in [7, 11) is 0. The fraction of sp³-hybridized carbons (Fsp3) is 0.553. The lowest BCUT2D eigenvalue weighted by molar-refractivity contribution is 0.609. The third kappa shape index (κ3) is 15.2. The van der Waals surface area contributed by atoms with Gasteiger partial charge in [-0.2, -0.15) is 5.26 Å². The van der Waals surface area contributed by atoms with Crippen LogP contribution in [-0.4, -0.2) is 26.2 Å². The quantitative estimate of drug-likeness (QED) is 0.0930. The zero-order valence-electron chi connectivity index (χ0n) is 32.4. The van der Waals surface area contributed by atoms with Crippen LogP contribution in [0.4, 0.5) is 11.4 Å². The Morgan fingerprint density at radius 1 is 0.560 bits per heavy atom. The van der Waals surface area contributed by atoms with E-state index in [0.29, 0.717) is 6.42 Å². The number of anilines is 2. The predicted octanol–water partition coefficient (Wildman–Crippen LogP) is 13.7. The highest BCUT2D eigenvalue weighted by Crippen LogP contribution is 2.32. The Kier molecular flexibility index (Phi) is 20.1. The monoisotopic (exact) mass is 676 g/mol. The Labute approximate surface area is 307 Å². The molecule has 0 fully saturated rings. The second-order valence-electron chi connectivity index (χ2n) is 14.5. The van der Waals surface area contributed by atoms with Gasteiger partial charge in [0.2, 0.25) is 0 Å². The van der Waals surface area contributed by atoms with Crippen LogP contribution in [0.1, 0.15) is 148 Å². The Morgan fingerprint density at radius 2 is 0.980 bits per heavy atom. The molecule has 2 aromatic rings. The van der Waals surface area contributed by atoms with Crippen molar-refractivity contribution in [2.45, 2.75) is 137 Å². The second kappa shape index (κ2) is 24.6. The van der Waals surface area contributed by atoms with E-state index in [2.05, 4.69) is 135 Å². The first kappa shape index (κ1) is 40.9. The fourth-order valence-corrected chi connectivity index (χ4v) is 6.72. The molecule has 0 spiro atoms. The lowest BCUT2D eigenvalue weighted by Gasteiger charge is -2.25. The van der Waals surface area contributed by atoms with Crippen molar-refractivity contribution in [1.82, 2.24) is 0 Å². The van der Waals surface area contributed by atoms with Crippen LogP contribution in [-0.2, 0) is 0 Å². The predicted molar refractivity (Wildman–Crippen MR) is 222 cm³/mol. The minimum absolute atomic E-state index is 0.611. The summed E-state index contributed by atoms with van der Waals surface area (Å²) >= 11 is 0. The summed E-state index contributed by atoms with van der Waals surface area (Å²) in [4.78, 5) is 5.17. The molecule has 0 saturated carbocycles. The number of nitrogens with zero attached hydrogens (tertiary/aromatic N) is 3. The van der Waals surface area contributed by atoms with Crippen LogP contribution in [0, 0.1) is 16.7 Å². The first-order valence-electron chi connectivity index (χ1n) is 20.4. The van der Waals surface area contributed by atoms with Crippen molar-refractivity contribution >= 4 is 23.5 Å². The van der Waals surface area contributed by atoms with E-state index in [9.17, 15) is 5.26 Å². The number of hydrogen-bond acceptors (Lipinski definition) is 3. The number of nitriles is 1. The third-order valence-corrected chi connectivity index (χ3v) is 10.1. The maximum absolute atomic E-state index is 10.2. The van der Waals surface area contributed by atoms with Gasteiger partial charge in [-0.1, -0.05) is 172 Å². The van der Waals surface area contributed by atoms with Gasteiger partial charge in [-0.15, -0.1) is 0 Å². The van der Waals surface area contributed by atoms with Crippen molar-refractivity contribution in [3.8, 4) is 6.07 Å². The van der Waals surface area contributed by atoms with Gasteiger partial charge in [0.1, 0.15) is 0 Å². The van der Waals surface area contributed by atoms with Crippen molar-refractivity contribution in [2.24, 2.45) is 5.41 Å². The Morgan fingerprint density at radius 3 is 1.34 bits per heavy atom. The molecule has 1 aliphatic carbocycles. The van der Waals surface area contributed by atoms with Gasteiger partial charge in [0.25, 0.3) is 0 Å². The molecule has 0 aliphatic heterocycles. The van der Waals surface area contributed by atoms with Gasteiger partial charge in [0.15, 0.2) is 0 Å². The van der Waals surface area contributed by atoms with Crippen LogP contribution in [0.5, 0.6) is 0 Å². The molecular formula is C47H69N3. The minimum Gasteiger partial charge on any atom is -0.372 e. The molecule has 3 nitrogen and oxygen atoms in total. The van der Waals surface area contributed by atoms with E-state index in [0.717, 1.165) is 37.3 Å². The third-order valence-electron chi connectivity index (χ3n) is 10.1. The molecular weight excluding hydrogens is 607 g/mol. The molecule has 0 heterocycles. The number of benzene rings is 2. The van der Waals surface area contributed by atoms with Crippen molar-refractivity contribution in [3.05, 3.63) is 95.6 Å². The van der Waals surface area contributed by atoms with Crippen LogP contribution < -0.4 is 9.80 Å². The second-order valence-corrected chi connectivity index (χ2v) is 14.5. The maximum atomic E-state index is 10.2. The van der Waals surface area contributed by atoms with Crippen LogP contribution in [0.2, 0.25) is 0 Å². The smallest absolute Gasteiger partial charge is 0.0974 e. The van der Waals surface area contributed by atoms with Gasteiger partial charge in [-0.3, -0.25) is 0 Å². The van der Waals surface area contributed by atoms with E-state index in [1.807, 2.05) is 0 Å². The minimum atomic E-state index is -0.611. The summed E-state index contributed by atoms with van der Waals surface area (Å²) in [5.41, 5.74) is 5.56. The van der Waals surface area contributed by atoms with E-state index in [-0.39, 0.29) is 0 Å². The topological polar surface area (TPSA) is 30.3 Å². The van der Waals surface area contributed by atoms with Gasteiger partial charge >= 0.3 is 0 Å². The molecule has 0 saturated heterocycles. The number of unbranched alkanes of at least 4 members (excludes halogenated alkanes) is 12. The molecule has 1 atom stereocenters. The summed E-state index contributed by atoms with van der Waals surface area (Å²) in [5, 5.41) is 10.2. The molecule has 0 bridgehead atoms. The largest absolute Gasteiger partial charge is 0.372 e. The van der Waals surface area contributed by atoms with Crippen LogP contribution >= 0.6 is 0 Å². The molecule has 0 amide bonds. The van der Waals surface area contributed by atoms with E-state index in [1.165, 1.54) is 120 Å². The lowest BCUT2D eigenvalue weighted by atomic mass is 9.80. The standard InChI is InChI=1S/C47H69N3/c1-5-9-13-17-37-49(38-18-14-10-6-2)45-27-23-42(24-28-45)21-22-44-32-35-47(41-48,36-33-44)34-31-43-25-29-46(30-26-43)50(39-19-15-11-7-3)40-20-16-12-8-4/h21-35H,5-20,36-40H2,1-4H3/b22-21+,34-31+. The molecule has 50 heavy (non-hydrogen) atoms. The van der Waals surface area contributed by atoms with Crippen LogP contribution in [0.15, 0.2) is 84.5 Å². The highest BCUT2D eigenvalue weighted by atomic mass is 15.1. The molecule has 3 heteroatoms. The summed E-state index contributed by atoms with van der Waals surface area (Å²) < 4.78 is 0. The molecule has 1 aliphatic rings. The molecule has 0 N–H and O–H groups in total. The highest BCUT2D eigenvalue weighted by molar-refractivity contribution is 5.61. The van der Waals surface area contributed by atoms with E-state index in [4.69, 9.17) is 0 Å². The SMILES string of the molecule is CCCCCCN(CCCCCC)c1ccc(/C=C/C2=CCC(C#N)(/C=C/c3ccc(N(CCCCCC)CCCCCC)cc3)C=C2)cc1. The fourth-order valence-electron chi connectivity index (χ4n) is 6.72. The van der Waals surface area contributed by atoms with Gasteiger partial charge in [0, 0.05) is 37.6 Å². The van der Waals surface area contributed by atoms with E-state index >= 15 is 0 Å². The van der Waals surface area contributed by atoms with Crippen LogP contribution in [0.3, 0.4) is 0 Å². The van der Waals surface area contributed by atoms with E-state index < -0.39 is 5.41 Å². The Hall–Kier alpha value is -3.51. The molecule has 1 unspecified atom stereocenters. The number of hydrogen-bond donors (Lipinski definition) is 0. The molecule has 272 valence electrons. The molecule has 0 aromatic heterocycles. The maximum Gasteiger partial charge on any atom is 0.0974 e. The zero-order valence-corrected chi connectivity index (χ0v) is 32.4. The highest BCUT2D eigenvalue weighted by Gasteiger charge is 2.24. The van der Waals surface area contributed by atoms with Gasteiger partial charge in [-0.05, 0) is 73.1 Å². The average molecular weight is 676 g/mol. The van der Waals surface area contributed by atoms with Crippen LogP contribution in [0.25, 0.3) is 12.2 Å². The normalized spacial score (nSPS) is 15.9. The molecule has 2 aromatic carbocycles. The van der Waals surface area contributed by atoms with E-state index in [1.54, 1.807) is 0 Å². The van der Waals surface area contributed by atoms with Gasteiger partial charge < -0.3 is 9.80 Å². The van der Waals surface area contributed by atoms with Crippen molar-refractivity contribution in [1.29, 1.82) is 5.26 Å². The zero-order chi connectivity index (χ0) is 35.7. The van der Waals surface area contributed by atoms with Crippen molar-refractivity contribution in [3.63, 3.8) is 0 Å². The molecule has 0 radical (unpaired) electrons. The van der Waals surface area contributed by atoms with Crippen molar-refractivity contribution in [2.75, 3.05) is 36.0 Å². The van der Waals surface area contributed by atoms with Gasteiger partial charge in [0.05, 0.1) is 11.5 Å². The lowest BCUT2D eigenvalue weighted by Crippen LogP contribution is -2.25. The Balaban J connectivity index is 1.58. The first-order valence-corrected chi connectivity index (χ1v) is 20.4. The Bertz CT molecular complexity index is 1320. The summed E-state index contributed by atoms with van der Waals surface area (Å²) in [6.07, 6.45) is 36.4.